The van der Waals surface area contributed by atoms with Gasteiger partial charge in [0.05, 0.1) is 99.6 Å². The van der Waals surface area contributed by atoms with Crippen molar-refractivity contribution in [3.8, 4) is 23.0 Å². The average Bonchev–Trinajstić information content (AvgIpc) is 1.96. The van der Waals surface area contributed by atoms with Gasteiger partial charge >= 0.3 is 5.97 Å². The Morgan fingerprint density at radius 3 is 1.32 bits per heavy atom. The molecule has 8 aromatic rings. The molecule has 0 aromatic heterocycles. The summed E-state index contributed by atoms with van der Waals surface area (Å²) in [5.74, 6) is 0.753. The van der Waals surface area contributed by atoms with Gasteiger partial charge in [-0.05, 0) is 63.2 Å². The smallest absolute Gasteiger partial charge is 0.338 e. The van der Waals surface area contributed by atoms with Crippen molar-refractivity contribution < 1.29 is 71.1 Å². The topological polar surface area (TPSA) is 150 Å². The number of benzene rings is 8. The number of carbonyl (C=O) groups excluding carboxylic acids is 1. The molecule has 8 aromatic carbocycles. The summed E-state index contributed by atoms with van der Waals surface area (Å²) in [7, 11) is 6.11. The molecule has 10 atom stereocenters. The van der Waals surface area contributed by atoms with Gasteiger partial charge in [-0.3, -0.25) is 0 Å². The first-order valence-corrected chi connectivity index (χ1v) is 29.8. The zero-order valence-electron chi connectivity index (χ0n) is 50.3. The Balaban J connectivity index is 1.12. The minimum atomic E-state index is -1.28. The Morgan fingerprint density at radius 1 is 0.443 bits per heavy atom. The monoisotopic (exact) mass is 1190 g/mol. The minimum absolute atomic E-state index is 0.0384. The van der Waals surface area contributed by atoms with Crippen LogP contribution in [-0.2, 0) is 93.6 Å². The van der Waals surface area contributed by atoms with E-state index in [2.05, 4.69) is 0 Å². The summed E-state index contributed by atoms with van der Waals surface area (Å²) in [5.41, 5.74) is 6.57. The molecule has 0 radical (unpaired) electrons. The van der Waals surface area contributed by atoms with Crippen LogP contribution in [0.4, 0.5) is 0 Å². The molecule has 0 bridgehead atoms. The number of hydrogen-bond acceptors (Lipinski definition) is 15. The van der Waals surface area contributed by atoms with Crippen molar-refractivity contribution in [3.63, 3.8) is 0 Å². The molecule has 2 saturated heterocycles. The van der Waals surface area contributed by atoms with Crippen LogP contribution in [0.5, 0.6) is 23.0 Å². The third kappa shape index (κ3) is 17.9. The van der Waals surface area contributed by atoms with E-state index in [0.29, 0.717) is 24.7 Å². The highest BCUT2D eigenvalue weighted by atomic mass is 16.6. The molecule has 10 rings (SSSR count). The predicted molar refractivity (Wildman–Crippen MR) is 331 cm³/mol. The van der Waals surface area contributed by atoms with Crippen molar-refractivity contribution in [3.05, 3.63) is 263 Å². The molecule has 2 heterocycles. The fraction of sp³-hybridized carbons (Fsp3) is 0.329. The number of epoxide rings is 1. The Hall–Kier alpha value is -7.93. The van der Waals surface area contributed by atoms with Crippen LogP contribution < -0.4 is 18.9 Å². The van der Waals surface area contributed by atoms with E-state index in [1.807, 2.05) is 206 Å². The van der Waals surface area contributed by atoms with Crippen LogP contribution in [0.3, 0.4) is 0 Å². The zero-order valence-corrected chi connectivity index (χ0v) is 50.3. The van der Waals surface area contributed by atoms with Gasteiger partial charge in [0.2, 0.25) is 5.75 Å². The lowest BCUT2D eigenvalue weighted by Crippen LogP contribution is -2.62. The van der Waals surface area contributed by atoms with E-state index in [-0.39, 0.29) is 69.7 Å². The van der Waals surface area contributed by atoms with Gasteiger partial charge < -0.3 is 66.3 Å². The molecular weight excluding hydrogens is 1120 g/mol. The van der Waals surface area contributed by atoms with Gasteiger partial charge in [-0.1, -0.05) is 194 Å². The van der Waals surface area contributed by atoms with Crippen LogP contribution in [0.1, 0.15) is 55.7 Å². The van der Waals surface area contributed by atoms with Crippen LogP contribution in [0, 0.1) is 0 Å². The summed E-state index contributed by atoms with van der Waals surface area (Å²) in [6.45, 7) is 1.77. The summed E-state index contributed by atoms with van der Waals surface area (Å²) in [6, 6.07) is 70.4. The molecule has 15 heteroatoms. The number of esters is 1. The quantitative estimate of drug-likeness (QED) is 0.0278. The van der Waals surface area contributed by atoms with Gasteiger partial charge in [-0.25, -0.2) is 4.79 Å². The molecule has 0 N–H and O–H groups in total. The third-order valence-corrected chi connectivity index (χ3v) is 15.5. The SMILES string of the molecule is COc1ccc(CO[C@@H](C[C@H]2O[C@H](COCc3ccccc3)[C@@H](OCc3ccccc3)[C@H](OCc3ccccc3)[C@H]2OCc2ccccc2)[C@@H](OC(=O)c2cc(OC)c(OC)c(OC)c2)[C@@H](OCc2ccccc2)[C@H](OCc2ccccc2)[C@@H]2CO2)cc1. The lowest BCUT2D eigenvalue weighted by atomic mass is 9.88. The highest BCUT2D eigenvalue weighted by Crippen LogP contribution is 2.40. The molecule has 88 heavy (non-hydrogen) atoms. The van der Waals surface area contributed by atoms with E-state index in [0.717, 1.165) is 38.9 Å². The van der Waals surface area contributed by atoms with Gasteiger partial charge in [-0.2, -0.15) is 0 Å². The molecule has 0 amide bonds. The Kier molecular flexibility index (Phi) is 23.6. The van der Waals surface area contributed by atoms with Crippen molar-refractivity contribution in [2.75, 3.05) is 41.7 Å². The Morgan fingerprint density at radius 2 is 0.864 bits per heavy atom. The maximum Gasteiger partial charge on any atom is 0.338 e. The number of hydrogen-bond donors (Lipinski definition) is 0. The summed E-state index contributed by atoms with van der Waals surface area (Å²) >= 11 is 0. The van der Waals surface area contributed by atoms with E-state index < -0.39 is 67.0 Å². The molecule has 460 valence electrons. The Labute approximate surface area is 516 Å². The molecule has 2 fully saturated rings. The highest BCUT2D eigenvalue weighted by Gasteiger charge is 2.53. The van der Waals surface area contributed by atoms with E-state index in [4.69, 9.17) is 66.3 Å². The van der Waals surface area contributed by atoms with Crippen molar-refractivity contribution >= 4 is 5.97 Å². The molecule has 2 aliphatic rings. The van der Waals surface area contributed by atoms with Crippen LogP contribution in [-0.4, -0.2) is 109 Å². The molecule has 2 aliphatic heterocycles. The molecule has 0 spiro atoms. The van der Waals surface area contributed by atoms with Crippen molar-refractivity contribution in [2.45, 2.75) is 114 Å². The average molecular weight is 1200 g/mol. The van der Waals surface area contributed by atoms with E-state index in [1.54, 1.807) is 19.2 Å². The number of rotatable bonds is 34. The normalized spacial score (nSPS) is 19.4. The Bertz CT molecular complexity index is 3260. The predicted octanol–water partition coefficient (Wildman–Crippen LogP) is 12.5. The van der Waals surface area contributed by atoms with Gasteiger partial charge in [0.1, 0.15) is 54.6 Å². The summed E-state index contributed by atoms with van der Waals surface area (Å²) in [4.78, 5) is 15.5. The van der Waals surface area contributed by atoms with Crippen LogP contribution >= 0.6 is 0 Å². The lowest BCUT2D eigenvalue weighted by Gasteiger charge is -2.47. The fourth-order valence-electron chi connectivity index (χ4n) is 10.8. The number of ether oxygens (including phenoxy) is 14. The number of methoxy groups -OCH3 is 4. The molecule has 0 unspecified atom stereocenters. The summed E-state index contributed by atoms with van der Waals surface area (Å²) in [5, 5.41) is 0. The minimum Gasteiger partial charge on any atom is -0.497 e. The van der Waals surface area contributed by atoms with Crippen LogP contribution in [0.25, 0.3) is 0 Å². The second-order valence-electron chi connectivity index (χ2n) is 21.6. The van der Waals surface area contributed by atoms with E-state index in [1.165, 1.54) is 21.3 Å². The fourth-order valence-corrected chi connectivity index (χ4v) is 10.8. The third-order valence-electron chi connectivity index (χ3n) is 15.5. The lowest BCUT2D eigenvalue weighted by molar-refractivity contribution is -0.280. The maximum absolute atomic E-state index is 15.5. The van der Waals surface area contributed by atoms with Gasteiger partial charge in [0.15, 0.2) is 17.6 Å². The first kappa shape index (κ1) is 63.1. The first-order valence-electron chi connectivity index (χ1n) is 29.8. The van der Waals surface area contributed by atoms with Crippen molar-refractivity contribution in [1.29, 1.82) is 0 Å². The highest BCUT2D eigenvalue weighted by molar-refractivity contribution is 5.91. The second-order valence-corrected chi connectivity index (χ2v) is 21.6. The zero-order chi connectivity index (χ0) is 60.7. The summed E-state index contributed by atoms with van der Waals surface area (Å²) in [6.07, 6.45) is -8.63. The first-order chi connectivity index (χ1) is 43.4. The van der Waals surface area contributed by atoms with Gasteiger partial charge in [-0.15, -0.1) is 0 Å². The summed E-state index contributed by atoms with van der Waals surface area (Å²) < 4.78 is 93.5. The van der Waals surface area contributed by atoms with Crippen LogP contribution in [0.2, 0.25) is 0 Å². The largest absolute Gasteiger partial charge is 0.497 e. The number of carbonyl (C=O) groups is 1. The van der Waals surface area contributed by atoms with Crippen molar-refractivity contribution in [2.24, 2.45) is 0 Å². The molecule has 0 aliphatic carbocycles. The molecule has 15 nitrogen and oxygen atoms in total. The van der Waals surface area contributed by atoms with Crippen molar-refractivity contribution in [1.82, 2.24) is 0 Å². The van der Waals surface area contributed by atoms with E-state index >= 15 is 4.79 Å². The van der Waals surface area contributed by atoms with Gasteiger partial charge in [0, 0.05) is 6.42 Å². The maximum atomic E-state index is 15.5. The second kappa shape index (κ2) is 32.9. The molecular formula is C73H78O15. The standard InChI is InChI=1S/C73H78O15/c1-75-59-37-35-57(36-38-59)43-80-62(70(88-73(74)58-39-60(76-2)66(78-4)61(40-58)77-3)72(86-48-56-33-21-10-22-34-56)68(64-50-81-64)83-45-53-27-15-7-16-28-53)41-63-67(82-44-52-25-13-6-14-26-52)71(85-47-55-31-19-9-20-32-55)69(84-46-54-29-17-8-18-30-54)65(87-63)49-79-42-51-23-11-5-12-24-51/h5-40,62-65,67-72H,41-50H2,1-4H3/t62-,63+,64-,65+,67-,68+,69+,70+,71+,72-/m0/s1. The van der Waals surface area contributed by atoms with E-state index in [9.17, 15) is 0 Å². The van der Waals surface area contributed by atoms with Gasteiger partial charge in [0.25, 0.3) is 0 Å². The van der Waals surface area contributed by atoms with Crippen LogP contribution in [0.15, 0.2) is 218 Å². The molecule has 0 saturated carbocycles.